The number of hydrogen-bond donors (Lipinski definition) is 1. The van der Waals surface area contributed by atoms with Crippen molar-refractivity contribution < 1.29 is 32.5 Å². The van der Waals surface area contributed by atoms with Crippen LogP contribution in [0, 0.1) is 0 Å². The maximum absolute atomic E-state index is 6.94. The van der Waals surface area contributed by atoms with Crippen molar-refractivity contribution in [2.24, 2.45) is 0 Å². The van der Waals surface area contributed by atoms with E-state index in [1.165, 1.54) is 0 Å². The van der Waals surface area contributed by atoms with Gasteiger partial charge in [0.2, 0.25) is 0 Å². The van der Waals surface area contributed by atoms with E-state index in [4.69, 9.17) is 120 Å². The molecule has 50 heavy (non-hydrogen) atoms. The van der Waals surface area contributed by atoms with Crippen LogP contribution in [0.15, 0.2) is 72.8 Å². The molecule has 0 amide bonds. The zero-order chi connectivity index (χ0) is 35.4. The van der Waals surface area contributed by atoms with Crippen LogP contribution in [0.5, 0.6) is 34.5 Å². The summed E-state index contributed by atoms with van der Waals surface area (Å²) in [6, 6.07) is 22.6. The van der Waals surface area contributed by atoms with Crippen LogP contribution in [-0.4, -0.2) is 14.1 Å². The van der Waals surface area contributed by atoms with Crippen LogP contribution >= 0.6 is 100 Å². The fourth-order valence-electron chi connectivity index (χ4n) is 6.11. The second-order valence-electron chi connectivity index (χ2n) is 11.4. The minimum absolute atomic E-state index is 0.137. The van der Waals surface area contributed by atoms with Crippen LogP contribution in [-0.2, 0) is 0 Å². The molecule has 0 bridgehead atoms. The van der Waals surface area contributed by atoms with Crippen molar-refractivity contribution in [2.75, 3.05) is 14.1 Å². The molecule has 3 aliphatic rings. The normalized spacial score (nSPS) is 17.6. The van der Waals surface area contributed by atoms with Crippen molar-refractivity contribution in [3.63, 3.8) is 0 Å². The molecule has 16 heteroatoms. The Morgan fingerprint density at radius 2 is 0.700 bits per heavy atom. The summed E-state index contributed by atoms with van der Waals surface area (Å²) in [4.78, 5) is 0. The molecule has 258 valence electrons. The molecule has 0 saturated carbocycles. The summed E-state index contributed by atoms with van der Waals surface area (Å²) in [7, 11) is -2.93. The molecule has 0 saturated heterocycles. The molecule has 3 heterocycles. The van der Waals surface area contributed by atoms with Crippen molar-refractivity contribution in [3.05, 3.63) is 113 Å². The van der Waals surface area contributed by atoms with E-state index in [2.05, 4.69) is 0 Å². The van der Waals surface area contributed by atoms with Crippen LogP contribution < -0.4 is 32.5 Å². The number of halogens is 8. The zero-order valence-electron chi connectivity index (χ0n) is 25.4. The van der Waals surface area contributed by atoms with Gasteiger partial charge < -0.3 is 5.32 Å². The Morgan fingerprint density at radius 1 is 0.400 bits per heavy atom. The topological polar surface area (TPSA) is 72.0 Å². The Labute approximate surface area is 324 Å². The van der Waals surface area contributed by atoms with Gasteiger partial charge >= 0.3 is 307 Å². The van der Waals surface area contributed by atoms with E-state index in [9.17, 15) is 0 Å². The first-order valence-electron chi connectivity index (χ1n) is 14.7. The molecule has 0 aromatic heterocycles. The Balaban J connectivity index is 0.00000116. The number of quaternary nitrogens is 1. The quantitative estimate of drug-likeness (QED) is 0.0932. The summed E-state index contributed by atoms with van der Waals surface area (Å²) in [6.45, 7) is 0. The maximum atomic E-state index is 6.94. The molecule has 1 spiro atoms. The number of benzene rings is 6. The van der Waals surface area contributed by atoms with Crippen molar-refractivity contribution >= 4 is 122 Å². The molecule has 2 N–H and O–H groups in total. The van der Waals surface area contributed by atoms with Gasteiger partial charge in [-0.2, -0.15) is 0 Å². The number of nitrogens with two attached hydrogens (primary N) is 1. The summed E-state index contributed by atoms with van der Waals surface area (Å²) in [6.07, 6.45) is 0. The second-order valence-corrected chi connectivity index (χ2v) is 17.7. The number of fused-ring (bicyclic) bond motifs is 9. The van der Waals surface area contributed by atoms with Gasteiger partial charge in [0, 0.05) is 0 Å². The molecule has 9 rings (SSSR count). The van der Waals surface area contributed by atoms with E-state index in [1.54, 1.807) is 12.1 Å². The van der Waals surface area contributed by atoms with Crippen molar-refractivity contribution in [3.8, 4) is 45.6 Å². The van der Waals surface area contributed by atoms with E-state index >= 15 is 0 Å². The fourth-order valence-corrected chi connectivity index (χ4v) is 12.0. The number of rotatable bonds is 0. The predicted octanol–water partition coefficient (Wildman–Crippen LogP) is 13.0. The van der Waals surface area contributed by atoms with Crippen molar-refractivity contribution in [1.82, 2.24) is 0 Å². The van der Waals surface area contributed by atoms with Gasteiger partial charge in [-0.25, -0.2) is 0 Å². The van der Waals surface area contributed by atoms with E-state index in [0.717, 1.165) is 21.5 Å². The minimum atomic E-state index is -6.93. The first-order valence-corrected chi connectivity index (χ1v) is 19.9. The summed E-state index contributed by atoms with van der Waals surface area (Å²) in [5.41, 5.74) is 1.22. The Bertz CT molecular complexity index is 2260. The van der Waals surface area contributed by atoms with Crippen LogP contribution in [0.1, 0.15) is 0 Å². The Kier molecular flexibility index (Phi) is 7.87. The Hall–Kier alpha value is -2.65. The van der Waals surface area contributed by atoms with Gasteiger partial charge in [0.05, 0.1) is 14.1 Å². The molecule has 3 aliphatic heterocycles. The first kappa shape index (κ1) is 34.4. The molecule has 6 aromatic carbocycles. The third-order valence-electron chi connectivity index (χ3n) is 8.08. The van der Waals surface area contributed by atoms with Gasteiger partial charge in [-0.1, -0.05) is 0 Å². The van der Waals surface area contributed by atoms with Crippen molar-refractivity contribution in [2.45, 2.75) is 0 Å². The predicted molar refractivity (Wildman–Crippen MR) is 204 cm³/mol. The standard InChI is InChI=1S/C32H12Cl8O6P.C2H7N/c33-21-22(34)26(38)30-29(25(21)37)43-47(44-30,45-31-27(39)23(35)24(36)28(40)32(31)46-47)41-17-11-9-13-5-1-3-7-15(13)19(17)20-16-8-4-2-6-14(16)10-12-18(20)42-47;1-3-2/h1-12H;3H,1-2H3/q-1;/p+1. The molecule has 0 fully saturated rings. The first-order chi connectivity index (χ1) is 23.8. The average molecular weight is 853 g/mol. The summed E-state index contributed by atoms with van der Waals surface area (Å²) in [5, 5.41) is 4.08. The van der Waals surface area contributed by atoms with Crippen LogP contribution in [0.25, 0.3) is 32.7 Å². The van der Waals surface area contributed by atoms with Crippen LogP contribution in [0.3, 0.4) is 0 Å². The summed E-state index contributed by atoms with van der Waals surface area (Å²) in [5.74, 6) is -0.639. The Morgan fingerprint density at radius 3 is 1.02 bits per heavy atom. The monoisotopic (exact) mass is 849 g/mol. The second kappa shape index (κ2) is 11.4. The summed E-state index contributed by atoms with van der Waals surface area (Å²) < 4.78 is 40.6. The van der Waals surface area contributed by atoms with Crippen LogP contribution in [0.4, 0.5) is 0 Å². The van der Waals surface area contributed by atoms with Crippen LogP contribution in [0.2, 0.25) is 40.2 Å². The van der Waals surface area contributed by atoms with Gasteiger partial charge in [-0.05, 0) is 0 Å². The molecular formula is C34H20Cl8NO6P. The third kappa shape index (κ3) is 4.59. The van der Waals surface area contributed by atoms with E-state index in [1.807, 2.05) is 80.1 Å². The van der Waals surface area contributed by atoms with E-state index in [-0.39, 0.29) is 74.7 Å². The van der Waals surface area contributed by atoms with Crippen molar-refractivity contribution in [1.29, 1.82) is 0 Å². The zero-order valence-corrected chi connectivity index (χ0v) is 32.4. The van der Waals surface area contributed by atoms with E-state index < -0.39 is 7.31 Å². The average Bonchev–Trinajstić information content (AvgIpc) is 3.56. The van der Waals surface area contributed by atoms with Gasteiger partial charge in [0.15, 0.2) is 0 Å². The van der Waals surface area contributed by atoms with Gasteiger partial charge in [0.25, 0.3) is 0 Å². The van der Waals surface area contributed by atoms with Gasteiger partial charge in [-0.15, -0.1) is 0 Å². The van der Waals surface area contributed by atoms with Gasteiger partial charge in [-0.3, -0.25) is 0 Å². The molecular weight excluding hydrogens is 833 g/mol. The molecule has 0 aliphatic carbocycles. The van der Waals surface area contributed by atoms with Gasteiger partial charge in [0.1, 0.15) is 0 Å². The molecule has 6 aromatic rings. The fraction of sp³-hybridized carbons (Fsp3) is 0.0588. The SMILES string of the molecule is C[NH2+]C.Clc1c(Cl)c(Cl)c2c(c1Cl)O[P-]13(Oc4ccc5ccccc5c4-c4c(ccc5ccccc45)O1)(O2)Oc1c(Cl)c(Cl)c(Cl)c(Cl)c1O3. The van der Waals surface area contributed by atoms with E-state index in [0.29, 0.717) is 11.1 Å². The third-order valence-corrected chi connectivity index (χ3v) is 15.0. The summed E-state index contributed by atoms with van der Waals surface area (Å²) >= 11 is 52.8. The molecule has 7 nitrogen and oxygen atoms in total. The molecule has 0 unspecified atom stereocenters. The number of hydrogen-bond acceptors (Lipinski definition) is 6. The molecule has 0 radical (unpaired) electrons. The molecule has 0 atom stereocenters.